The van der Waals surface area contributed by atoms with Gasteiger partial charge in [0.05, 0.1) is 0 Å². The molecule has 0 saturated heterocycles. The highest BCUT2D eigenvalue weighted by molar-refractivity contribution is 5.65. The first-order chi connectivity index (χ1) is 5.84. The molecule has 0 unspecified atom stereocenters. The molecule has 1 heterocycles. The minimum atomic E-state index is 0.411. The quantitative estimate of drug-likeness (QED) is 0.681. The predicted octanol–water partition coefficient (Wildman–Crippen LogP) is 1.27. The standard InChI is InChI=1S/C9H10N2O/c10-9-4-5-11-7-8(9)3-1-2-6-12/h1,3-7H,2H2,(H2,10,11). The fourth-order valence-electron chi connectivity index (χ4n) is 0.807. The van der Waals surface area contributed by atoms with Crippen molar-refractivity contribution in [3.05, 3.63) is 30.1 Å². The van der Waals surface area contributed by atoms with Gasteiger partial charge in [0.2, 0.25) is 0 Å². The van der Waals surface area contributed by atoms with Crippen molar-refractivity contribution in [2.24, 2.45) is 0 Å². The third-order valence-electron chi connectivity index (χ3n) is 1.42. The normalized spacial score (nSPS) is 10.3. The number of nitrogen functional groups attached to an aromatic ring is 1. The Morgan fingerprint density at radius 2 is 2.42 bits per heavy atom. The molecule has 62 valence electrons. The number of hydrogen-bond acceptors (Lipinski definition) is 3. The molecule has 0 bridgehead atoms. The van der Waals surface area contributed by atoms with Gasteiger partial charge in [0.15, 0.2) is 0 Å². The molecule has 0 fully saturated rings. The molecule has 0 saturated carbocycles. The Bertz CT molecular complexity index is 294. The molecule has 2 N–H and O–H groups in total. The summed E-state index contributed by atoms with van der Waals surface area (Å²) in [5.41, 5.74) is 7.14. The van der Waals surface area contributed by atoms with Crippen molar-refractivity contribution < 1.29 is 4.79 Å². The van der Waals surface area contributed by atoms with Gasteiger partial charge in [-0.05, 0) is 6.07 Å². The van der Waals surface area contributed by atoms with E-state index in [1.165, 1.54) is 0 Å². The van der Waals surface area contributed by atoms with Crippen LogP contribution in [-0.4, -0.2) is 11.3 Å². The molecule has 0 amide bonds. The van der Waals surface area contributed by atoms with E-state index < -0.39 is 0 Å². The molecular weight excluding hydrogens is 152 g/mol. The van der Waals surface area contributed by atoms with Crippen molar-refractivity contribution in [1.29, 1.82) is 0 Å². The molecule has 1 aromatic rings. The average molecular weight is 162 g/mol. The van der Waals surface area contributed by atoms with Gasteiger partial charge < -0.3 is 10.5 Å². The number of carbonyl (C=O) groups is 1. The molecule has 0 aliphatic carbocycles. The van der Waals surface area contributed by atoms with E-state index in [1.807, 2.05) is 0 Å². The molecule has 0 aliphatic heterocycles. The van der Waals surface area contributed by atoms with Crippen LogP contribution in [0.3, 0.4) is 0 Å². The van der Waals surface area contributed by atoms with Crippen LogP contribution in [-0.2, 0) is 4.79 Å². The molecule has 1 aromatic heterocycles. The van der Waals surface area contributed by atoms with Crippen LogP contribution in [0.15, 0.2) is 24.5 Å². The SMILES string of the molecule is Nc1ccncc1C=CCC=O. The summed E-state index contributed by atoms with van der Waals surface area (Å²) >= 11 is 0. The minimum absolute atomic E-state index is 0.411. The van der Waals surface area contributed by atoms with Gasteiger partial charge in [0, 0.05) is 30.1 Å². The largest absolute Gasteiger partial charge is 0.398 e. The van der Waals surface area contributed by atoms with E-state index in [0.717, 1.165) is 11.8 Å². The van der Waals surface area contributed by atoms with Crippen LogP contribution in [0.4, 0.5) is 5.69 Å². The Morgan fingerprint density at radius 1 is 1.58 bits per heavy atom. The highest BCUT2D eigenvalue weighted by Crippen LogP contribution is 2.10. The average Bonchev–Trinajstić information content (AvgIpc) is 2.09. The van der Waals surface area contributed by atoms with Crippen LogP contribution in [0.2, 0.25) is 0 Å². The first kappa shape index (κ1) is 8.46. The van der Waals surface area contributed by atoms with Crippen LogP contribution in [0.1, 0.15) is 12.0 Å². The van der Waals surface area contributed by atoms with Crippen molar-refractivity contribution in [2.75, 3.05) is 5.73 Å². The zero-order valence-corrected chi connectivity index (χ0v) is 6.60. The zero-order chi connectivity index (χ0) is 8.81. The third-order valence-corrected chi connectivity index (χ3v) is 1.42. The second-order valence-corrected chi connectivity index (χ2v) is 2.31. The summed E-state index contributed by atoms with van der Waals surface area (Å²) in [6, 6.07) is 1.72. The number of aromatic nitrogens is 1. The van der Waals surface area contributed by atoms with Crippen molar-refractivity contribution in [2.45, 2.75) is 6.42 Å². The topological polar surface area (TPSA) is 56.0 Å². The summed E-state index contributed by atoms with van der Waals surface area (Å²) < 4.78 is 0. The summed E-state index contributed by atoms with van der Waals surface area (Å²) in [6.45, 7) is 0. The van der Waals surface area contributed by atoms with E-state index in [1.54, 1.807) is 30.6 Å². The molecular formula is C9H10N2O. The second-order valence-electron chi connectivity index (χ2n) is 2.31. The van der Waals surface area contributed by atoms with Crippen molar-refractivity contribution in [3.63, 3.8) is 0 Å². The fraction of sp³-hybridized carbons (Fsp3) is 0.111. The van der Waals surface area contributed by atoms with Gasteiger partial charge in [-0.25, -0.2) is 0 Å². The lowest BCUT2D eigenvalue weighted by Crippen LogP contribution is -1.89. The van der Waals surface area contributed by atoms with Crippen LogP contribution < -0.4 is 5.73 Å². The smallest absolute Gasteiger partial charge is 0.123 e. The molecule has 0 radical (unpaired) electrons. The molecule has 0 aromatic carbocycles. The van der Waals surface area contributed by atoms with E-state index in [-0.39, 0.29) is 0 Å². The first-order valence-corrected chi connectivity index (χ1v) is 3.64. The number of pyridine rings is 1. The maximum atomic E-state index is 9.98. The van der Waals surface area contributed by atoms with Crippen molar-refractivity contribution in [3.8, 4) is 0 Å². The summed E-state index contributed by atoms with van der Waals surface area (Å²) in [7, 11) is 0. The number of rotatable bonds is 3. The van der Waals surface area contributed by atoms with E-state index in [0.29, 0.717) is 12.1 Å². The maximum Gasteiger partial charge on any atom is 0.123 e. The van der Waals surface area contributed by atoms with Crippen LogP contribution >= 0.6 is 0 Å². The number of nitrogens with two attached hydrogens (primary N) is 1. The van der Waals surface area contributed by atoms with E-state index in [2.05, 4.69) is 4.98 Å². The molecule has 0 atom stereocenters. The lowest BCUT2D eigenvalue weighted by Gasteiger charge is -1.96. The number of allylic oxidation sites excluding steroid dienone is 1. The zero-order valence-electron chi connectivity index (χ0n) is 6.60. The molecule has 3 heteroatoms. The first-order valence-electron chi connectivity index (χ1n) is 3.64. The molecule has 0 spiro atoms. The molecule has 1 rings (SSSR count). The molecule has 3 nitrogen and oxygen atoms in total. The molecule has 12 heavy (non-hydrogen) atoms. The molecule has 0 aliphatic rings. The van der Waals surface area contributed by atoms with Gasteiger partial charge in [-0.2, -0.15) is 0 Å². The van der Waals surface area contributed by atoms with Crippen LogP contribution in [0, 0.1) is 0 Å². The van der Waals surface area contributed by atoms with Crippen LogP contribution in [0.25, 0.3) is 6.08 Å². The lowest BCUT2D eigenvalue weighted by molar-refractivity contribution is -0.107. The van der Waals surface area contributed by atoms with Gasteiger partial charge in [-0.1, -0.05) is 12.2 Å². The summed E-state index contributed by atoms with van der Waals surface area (Å²) in [4.78, 5) is 13.9. The number of carbonyl (C=O) groups excluding carboxylic acids is 1. The number of anilines is 1. The van der Waals surface area contributed by atoms with Gasteiger partial charge in [0.1, 0.15) is 6.29 Å². The lowest BCUT2D eigenvalue weighted by atomic mass is 10.2. The summed E-state index contributed by atoms with van der Waals surface area (Å²) in [5.74, 6) is 0. The fourth-order valence-corrected chi connectivity index (χ4v) is 0.807. The Balaban J connectivity index is 2.74. The highest BCUT2D eigenvalue weighted by Gasteiger charge is 1.90. The van der Waals surface area contributed by atoms with E-state index in [4.69, 9.17) is 5.73 Å². The Kier molecular flexibility index (Phi) is 3.02. The second kappa shape index (κ2) is 4.28. The number of hydrogen-bond donors (Lipinski definition) is 1. The number of aldehydes is 1. The van der Waals surface area contributed by atoms with Gasteiger partial charge in [-0.3, -0.25) is 4.98 Å². The maximum absolute atomic E-state index is 9.98. The third kappa shape index (κ3) is 2.20. The Labute approximate surface area is 70.9 Å². The summed E-state index contributed by atoms with van der Waals surface area (Å²) in [6.07, 6.45) is 8.08. The predicted molar refractivity (Wildman–Crippen MR) is 48.4 cm³/mol. The van der Waals surface area contributed by atoms with Crippen molar-refractivity contribution in [1.82, 2.24) is 4.98 Å². The highest BCUT2D eigenvalue weighted by atomic mass is 16.1. The Hall–Kier alpha value is -1.64. The Morgan fingerprint density at radius 3 is 3.08 bits per heavy atom. The monoisotopic (exact) mass is 162 g/mol. The minimum Gasteiger partial charge on any atom is -0.398 e. The van der Waals surface area contributed by atoms with Crippen molar-refractivity contribution >= 4 is 18.0 Å². The van der Waals surface area contributed by atoms with E-state index >= 15 is 0 Å². The summed E-state index contributed by atoms with van der Waals surface area (Å²) in [5, 5.41) is 0. The van der Waals surface area contributed by atoms with E-state index in [9.17, 15) is 4.79 Å². The van der Waals surface area contributed by atoms with Gasteiger partial charge in [0.25, 0.3) is 0 Å². The van der Waals surface area contributed by atoms with Crippen LogP contribution in [0.5, 0.6) is 0 Å². The van der Waals surface area contributed by atoms with Gasteiger partial charge >= 0.3 is 0 Å². The number of nitrogens with zero attached hydrogens (tertiary/aromatic N) is 1. The van der Waals surface area contributed by atoms with Gasteiger partial charge in [-0.15, -0.1) is 0 Å².